The summed E-state index contributed by atoms with van der Waals surface area (Å²) in [5, 5.41) is 6.12. The Morgan fingerprint density at radius 2 is 2.04 bits per heavy atom. The van der Waals surface area contributed by atoms with Gasteiger partial charge in [-0.3, -0.25) is 4.90 Å². The molecule has 0 aliphatic carbocycles. The van der Waals surface area contributed by atoms with Gasteiger partial charge in [-0.1, -0.05) is 18.2 Å². The minimum atomic E-state index is -4.22. The molecule has 5 nitrogen and oxygen atoms in total. The number of halogens is 6. The number of alkyl halides is 5. The van der Waals surface area contributed by atoms with E-state index in [0.29, 0.717) is 31.0 Å². The highest BCUT2D eigenvalue weighted by molar-refractivity contribution is 14.0. The largest absolute Gasteiger partial charge is 0.434 e. The maximum atomic E-state index is 12.5. The summed E-state index contributed by atoms with van der Waals surface area (Å²) in [5.41, 5.74) is 0.486. The van der Waals surface area contributed by atoms with Crippen molar-refractivity contribution in [2.75, 3.05) is 26.2 Å². The lowest BCUT2D eigenvalue weighted by atomic mass is 10.2. The zero-order chi connectivity index (χ0) is 19.9. The van der Waals surface area contributed by atoms with Crippen LogP contribution >= 0.6 is 24.0 Å². The van der Waals surface area contributed by atoms with E-state index in [1.807, 2.05) is 6.92 Å². The summed E-state index contributed by atoms with van der Waals surface area (Å²) < 4.78 is 66.9. The summed E-state index contributed by atoms with van der Waals surface area (Å²) >= 11 is 0. The lowest BCUT2D eigenvalue weighted by Crippen LogP contribution is -2.45. The monoisotopic (exact) mass is 522 g/mol. The van der Waals surface area contributed by atoms with E-state index < -0.39 is 19.3 Å². The van der Waals surface area contributed by atoms with Crippen LogP contribution in [-0.4, -0.2) is 55.9 Å². The number of guanidine groups is 1. The van der Waals surface area contributed by atoms with Gasteiger partial charge in [-0.05, 0) is 19.4 Å². The van der Waals surface area contributed by atoms with Crippen LogP contribution in [0.4, 0.5) is 22.0 Å². The maximum absolute atomic E-state index is 12.5. The fraction of sp³-hybridized carbons (Fsp3) is 0.588. The van der Waals surface area contributed by atoms with E-state index in [1.165, 1.54) is 11.0 Å². The third kappa shape index (κ3) is 8.76. The Kier molecular flexibility index (Phi) is 10.2. The van der Waals surface area contributed by atoms with Gasteiger partial charge in [0.15, 0.2) is 5.96 Å². The van der Waals surface area contributed by atoms with E-state index in [2.05, 4.69) is 20.4 Å². The molecule has 0 radical (unpaired) electrons. The van der Waals surface area contributed by atoms with Crippen LogP contribution in [0.2, 0.25) is 0 Å². The fourth-order valence-electron chi connectivity index (χ4n) is 2.87. The lowest BCUT2D eigenvalue weighted by molar-refractivity contribution is -0.143. The van der Waals surface area contributed by atoms with E-state index in [1.54, 1.807) is 18.2 Å². The molecular weight excluding hydrogens is 498 g/mol. The number of nitrogens with zero attached hydrogens (tertiary/aromatic N) is 2. The number of ether oxygens (including phenoxy) is 1. The quantitative estimate of drug-likeness (QED) is 0.249. The zero-order valence-electron chi connectivity index (χ0n) is 15.3. The van der Waals surface area contributed by atoms with E-state index in [9.17, 15) is 22.0 Å². The Labute approximate surface area is 177 Å². The Hall–Kier alpha value is -1.37. The van der Waals surface area contributed by atoms with Crippen LogP contribution in [0.1, 0.15) is 18.9 Å². The standard InChI is InChI=1S/C17H23F5N4O.HI/c1-2-23-16(25-13-7-8-26(10-13)11-17(20,21)22)24-9-12-5-3-4-6-14(12)27-15(18)19;/h3-6,13,15H,2,7-11H2,1H3,(H2,23,24,25);1H. The summed E-state index contributed by atoms with van der Waals surface area (Å²) in [5.74, 6) is 0.465. The van der Waals surface area contributed by atoms with Gasteiger partial charge in [-0.2, -0.15) is 22.0 Å². The van der Waals surface area contributed by atoms with Crippen LogP contribution in [0.5, 0.6) is 5.75 Å². The topological polar surface area (TPSA) is 48.9 Å². The van der Waals surface area contributed by atoms with Gasteiger partial charge in [0.2, 0.25) is 0 Å². The van der Waals surface area contributed by atoms with Gasteiger partial charge >= 0.3 is 12.8 Å². The predicted octanol–water partition coefficient (Wildman–Crippen LogP) is 3.60. The molecule has 1 atom stereocenters. The number of hydrogen-bond donors (Lipinski definition) is 2. The second-order valence-electron chi connectivity index (χ2n) is 6.16. The smallest absolute Gasteiger partial charge is 0.401 e. The number of aliphatic imine (C=N–C) groups is 1. The fourth-order valence-corrected chi connectivity index (χ4v) is 2.87. The number of benzene rings is 1. The minimum absolute atomic E-state index is 0. The van der Waals surface area contributed by atoms with Crippen LogP contribution in [-0.2, 0) is 6.54 Å². The first kappa shape index (κ1) is 24.7. The van der Waals surface area contributed by atoms with Crippen molar-refractivity contribution in [3.63, 3.8) is 0 Å². The average molecular weight is 522 g/mol. The zero-order valence-corrected chi connectivity index (χ0v) is 17.6. The van der Waals surface area contributed by atoms with Crippen LogP contribution in [0, 0.1) is 0 Å². The highest BCUT2D eigenvalue weighted by Crippen LogP contribution is 2.21. The molecule has 0 aromatic heterocycles. The van der Waals surface area contributed by atoms with Crippen LogP contribution in [0.3, 0.4) is 0 Å². The highest BCUT2D eigenvalue weighted by atomic mass is 127. The molecule has 11 heteroatoms. The number of para-hydroxylation sites is 1. The number of nitrogens with one attached hydrogen (secondary N) is 2. The first-order chi connectivity index (χ1) is 12.8. The van der Waals surface area contributed by atoms with Crippen LogP contribution in [0.25, 0.3) is 0 Å². The van der Waals surface area contributed by atoms with Gasteiger partial charge in [0, 0.05) is 31.2 Å². The van der Waals surface area contributed by atoms with Crippen LogP contribution < -0.4 is 15.4 Å². The number of likely N-dealkylation sites (tertiary alicyclic amines) is 1. The van der Waals surface area contributed by atoms with Gasteiger partial charge in [0.05, 0.1) is 13.1 Å². The van der Waals surface area contributed by atoms with Crippen molar-refractivity contribution in [2.24, 2.45) is 4.99 Å². The molecule has 1 saturated heterocycles. The van der Waals surface area contributed by atoms with Gasteiger partial charge in [0.1, 0.15) is 5.75 Å². The van der Waals surface area contributed by atoms with Crippen molar-refractivity contribution in [3.8, 4) is 5.75 Å². The molecule has 0 bridgehead atoms. The van der Waals surface area contributed by atoms with Crippen LogP contribution in [0.15, 0.2) is 29.3 Å². The molecule has 0 amide bonds. The molecule has 1 aromatic carbocycles. The summed E-state index contributed by atoms with van der Waals surface area (Å²) in [4.78, 5) is 5.68. The summed E-state index contributed by atoms with van der Waals surface area (Å²) in [6.45, 7) is -0.750. The molecule has 2 rings (SSSR count). The summed E-state index contributed by atoms with van der Waals surface area (Å²) in [7, 11) is 0. The third-order valence-corrected chi connectivity index (χ3v) is 3.96. The molecule has 1 aromatic rings. The molecule has 1 aliphatic heterocycles. The van der Waals surface area contributed by atoms with Gasteiger partial charge in [-0.15, -0.1) is 24.0 Å². The van der Waals surface area contributed by atoms with Crippen molar-refractivity contribution in [1.82, 2.24) is 15.5 Å². The molecule has 0 saturated carbocycles. The summed E-state index contributed by atoms with van der Waals surface area (Å²) in [6, 6.07) is 6.17. The van der Waals surface area contributed by atoms with E-state index in [4.69, 9.17) is 0 Å². The molecule has 1 heterocycles. The second-order valence-corrected chi connectivity index (χ2v) is 6.16. The Balaban J connectivity index is 0.00000392. The molecule has 1 unspecified atom stereocenters. The van der Waals surface area contributed by atoms with E-state index in [0.717, 1.165) is 0 Å². The van der Waals surface area contributed by atoms with Gasteiger partial charge in [-0.25, -0.2) is 4.99 Å². The molecule has 1 aliphatic rings. The predicted molar refractivity (Wildman–Crippen MR) is 107 cm³/mol. The maximum Gasteiger partial charge on any atom is 0.401 e. The molecule has 28 heavy (non-hydrogen) atoms. The number of hydrogen-bond acceptors (Lipinski definition) is 3. The first-order valence-electron chi connectivity index (χ1n) is 8.63. The molecule has 160 valence electrons. The first-order valence-corrected chi connectivity index (χ1v) is 8.63. The Morgan fingerprint density at radius 1 is 1.32 bits per heavy atom. The third-order valence-electron chi connectivity index (χ3n) is 3.96. The van der Waals surface area contributed by atoms with Crippen molar-refractivity contribution in [2.45, 2.75) is 38.7 Å². The lowest BCUT2D eigenvalue weighted by Gasteiger charge is -2.20. The van der Waals surface area contributed by atoms with Crippen molar-refractivity contribution >= 4 is 29.9 Å². The Morgan fingerprint density at radius 3 is 2.68 bits per heavy atom. The molecule has 0 spiro atoms. The normalized spacial score (nSPS) is 18.1. The van der Waals surface area contributed by atoms with E-state index in [-0.39, 0.29) is 48.9 Å². The van der Waals surface area contributed by atoms with Gasteiger partial charge in [0.25, 0.3) is 0 Å². The van der Waals surface area contributed by atoms with Crippen molar-refractivity contribution < 1.29 is 26.7 Å². The molecule has 2 N–H and O–H groups in total. The van der Waals surface area contributed by atoms with E-state index >= 15 is 0 Å². The summed E-state index contributed by atoms with van der Waals surface area (Å²) in [6.07, 6.45) is -3.66. The SMILES string of the molecule is CCNC(=NCc1ccccc1OC(F)F)NC1CCN(CC(F)(F)F)C1.I. The second kappa shape index (κ2) is 11.6. The molecular formula is C17H24F5IN4O. The highest BCUT2D eigenvalue weighted by Gasteiger charge is 2.34. The Bertz CT molecular complexity index is 630. The van der Waals surface area contributed by atoms with Crippen molar-refractivity contribution in [1.29, 1.82) is 0 Å². The average Bonchev–Trinajstić information content (AvgIpc) is 2.98. The van der Waals surface area contributed by atoms with Crippen molar-refractivity contribution in [3.05, 3.63) is 29.8 Å². The molecule has 1 fully saturated rings. The number of rotatable bonds is 7. The van der Waals surface area contributed by atoms with Gasteiger partial charge < -0.3 is 15.4 Å². The minimum Gasteiger partial charge on any atom is -0.434 e.